The van der Waals surface area contributed by atoms with Gasteiger partial charge in [0.15, 0.2) is 5.69 Å². The highest BCUT2D eigenvalue weighted by Crippen LogP contribution is 2.37. The Bertz CT molecular complexity index is 1240. The molecule has 0 N–H and O–H groups in total. The molecule has 7 nitrogen and oxygen atoms in total. The number of alkyl halides is 3. The topological polar surface area (TPSA) is 75.5 Å². The lowest BCUT2D eigenvalue weighted by Crippen LogP contribution is -2.50. The van der Waals surface area contributed by atoms with Crippen LogP contribution in [-0.4, -0.2) is 59.5 Å². The van der Waals surface area contributed by atoms with E-state index in [0.717, 1.165) is 21.6 Å². The van der Waals surface area contributed by atoms with Crippen LogP contribution in [0.1, 0.15) is 20.9 Å². The lowest BCUT2D eigenvalue weighted by Gasteiger charge is -2.33. The highest BCUT2D eigenvalue weighted by atomic mass is 32.2. The molecule has 12 heteroatoms. The minimum absolute atomic E-state index is 0.107. The highest BCUT2D eigenvalue weighted by Gasteiger charge is 2.38. The summed E-state index contributed by atoms with van der Waals surface area (Å²) in [5.41, 5.74) is -0.0732. The van der Waals surface area contributed by atoms with Crippen LogP contribution in [-0.2, 0) is 23.2 Å². The molecule has 1 aliphatic rings. The van der Waals surface area contributed by atoms with Gasteiger partial charge in [-0.3, -0.25) is 9.48 Å². The predicted molar refractivity (Wildman–Crippen MR) is 109 cm³/mol. The van der Waals surface area contributed by atoms with Gasteiger partial charge in [-0.2, -0.15) is 22.6 Å². The van der Waals surface area contributed by atoms with Gasteiger partial charge in [0.05, 0.1) is 9.77 Å². The molecule has 0 unspecified atom stereocenters. The molecule has 0 saturated carbocycles. The third kappa shape index (κ3) is 3.94. The van der Waals surface area contributed by atoms with E-state index < -0.39 is 27.8 Å². The second-order valence-electron chi connectivity index (χ2n) is 7.31. The molecule has 4 rings (SSSR count). The van der Waals surface area contributed by atoms with Crippen molar-refractivity contribution >= 4 is 37.5 Å². The molecule has 1 amide bonds. The highest BCUT2D eigenvalue weighted by molar-refractivity contribution is 7.89. The number of sulfonamides is 1. The Hall–Kier alpha value is -2.44. The number of piperazine rings is 1. The van der Waals surface area contributed by atoms with E-state index in [1.807, 2.05) is 6.92 Å². The molecule has 0 aliphatic carbocycles. The van der Waals surface area contributed by atoms with Gasteiger partial charge in [-0.25, -0.2) is 8.42 Å². The maximum absolute atomic E-state index is 13.2. The first-order valence-electron chi connectivity index (χ1n) is 9.38. The van der Waals surface area contributed by atoms with Gasteiger partial charge in [0.25, 0.3) is 5.91 Å². The van der Waals surface area contributed by atoms with Gasteiger partial charge in [0.1, 0.15) is 4.83 Å². The Morgan fingerprint density at radius 1 is 1.10 bits per heavy atom. The van der Waals surface area contributed by atoms with Crippen LogP contribution in [0.2, 0.25) is 0 Å². The maximum atomic E-state index is 13.2. The summed E-state index contributed by atoms with van der Waals surface area (Å²) in [6, 6.07) is 7.75. The van der Waals surface area contributed by atoms with E-state index in [9.17, 15) is 26.4 Å². The van der Waals surface area contributed by atoms with Crippen LogP contribution in [0.4, 0.5) is 13.2 Å². The number of carbonyl (C=O) groups is 1. The predicted octanol–water partition coefficient (Wildman–Crippen LogP) is 3.11. The van der Waals surface area contributed by atoms with Crippen molar-refractivity contribution in [3.05, 3.63) is 46.5 Å². The minimum atomic E-state index is -4.61. The summed E-state index contributed by atoms with van der Waals surface area (Å²) in [6.45, 7) is 2.40. The van der Waals surface area contributed by atoms with Crippen molar-refractivity contribution in [2.24, 2.45) is 7.05 Å². The quantitative estimate of drug-likeness (QED) is 0.587. The molecule has 1 aromatic carbocycles. The van der Waals surface area contributed by atoms with Crippen molar-refractivity contribution in [3.8, 4) is 0 Å². The number of hydrogen-bond donors (Lipinski definition) is 0. The molecule has 1 saturated heterocycles. The van der Waals surface area contributed by atoms with Gasteiger partial charge < -0.3 is 4.90 Å². The van der Waals surface area contributed by atoms with Crippen LogP contribution in [0.5, 0.6) is 0 Å². The number of nitrogens with zero attached hydrogens (tertiary/aromatic N) is 4. The van der Waals surface area contributed by atoms with Gasteiger partial charge >= 0.3 is 6.18 Å². The van der Waals surface area contributed by atoms with E-state index in [0.29, 0.717) is 0 Å². The number of carbonyl (C=O) groups excluding carboxylic acids is 1. The summed E-state index contributed by atoms with van der Waals surface area (Å²) in [6.07, 6.45) is -4.61. The van der Waals surface area contributed by atoms with Gasteiger partial charge in [0, 0.05) is 38.6 Å². The Labute approximate surface area is 180 Å². The molecule has 0 bridgehead atoms. The molecule has 3 aromatic rings. The van der Waals surface area contributed by atoms with Crippen molar-refractivity contribution in [1.29, 1.82) is 0 Å². The molecular formula is C19H19F3N4O3S2. The van der Waals surface area contributed by atoms with Crippen LogP contribution in [0.3, 0.4) is 0 Å². The van der Waals surface area contributed by atoms with Gasteiger partial charge in [-0.1, -0.05) is 17.7 Å². The van der Waals surface area contributed by atoms with E-state index >= 15 is 0 Å². The van der Waals surface area contributed by atoms with Gasteiger partial charge in [-0.05, 0) is 25.1 Å². The number of aromatic nitrogens is 2. The third-order valence-corrected chi connectivity index (χ3v) is 8.28. The number of aryl methyl sites for hydroxylation is 2. The van der Waals surface area contributed by atoms with Crippen molar-refractivity contribution in [2.45, 2.75) is 18.0 Å². The molecule has 31 heavy (non-hydrogen) atoms. The molecular weight excluding hydrogens is 453 g/mol. The number of benzene rings is 1. The monoisotopic (exact) mass is 472 g/mol. The second-order valence-corrected chi connectivity index (χ2v) is 10.3. The van der Waals surface area contributed by atoms with Crippen LogP contribution in [0, 0.1) is 6.92 Å². The van der Waals surface area contributed by atoms with Crippen molar-refractivity contribution in [2.75, 3.05) is 26.2 Å². The summed E-state index contributed by atoms with van der Waals surface area (Å²) >= 11 is 0.945. The third-order valence-electron chi connectivity index (χ3n) is 5.18. The lowest BCUT2D eigenvalue weighted by atomic mass is 10.2. The number of halogens is 3. The number of hydrogen-bond acceptors (Lipinski definition) is 5. The Balaban J connectivity index is 1.50. The first-order valence-corrected chi connectivity index (χ1v) is 11.6. The number of fused-ring (bicyclic) bond motifs is 1. The normalized spacial score (nSPS) is 16.2. The average Bonchev–Trinajstić information content (AvgIpc) is 3.28. The van der Waals surface area contributed by atoms with Crippen LogP contribution >= 0.6 is 11.3 Å². The lowest BCUT2D eigenvalue weighted by molar-refractivity contribution is -0.140. The van der Waals surface area contributed by atoms with Crippen LogP contribution < -0.4 is 0 Å². The van der Waals surface area contributed by atoms with Crippen LogP contribution in [0.25, 0.3) is 10.2 Å². The van der Waals surface area contributed by atoms with E-state index in [4.69, 9.17) is 0 Å². The largest absolute Gasteiger partial charge is 0.435 e. The van der Waals surface area contributed by atoms with E-state index in [2.05, 4.69) is 5.10 Å². The fourth-order valence-electron chi connectivity index (χ4n) is 3.50. The first-order chi connectivity index (χ1) is 14.5. The Morgan fingerprint density at radius 3 is 2.29 bits per heavy atom. The average molecular weight is 473 g/mol. The number of rotatable bonds is 3. The number of thiophene rings is 1. The Morgan fingerprint density at radius 2 is 1.71 bits per heavy atom. The summed E-state index contributed by atoms with van der Waals surface area (Å²) < 4.78 is 67.6. The van der Waals surface area contributed by atoms with Crippen molar-refractivity contribution < 1.29 is 26.4 Å². The van der Waals surface area contributed by atoms with E-state index in [1.165, 1.54) is 22.3 Å². The fourth-order valence-corrected chi connectivity index (χ4v) is 5.96. The van der Waals surface area contributed by atoms with E-state index in [1.54, 1.807) is 24.3 Å². The molecule has 3 heterocycles. The molecule has 0 radical (unpaired) electrons. The zero-order chi connectivity index (χ0) is 22.6. The summed E-state index contributed by atoms with van der Waals surface area (Å²) in [7, 11) is -2.27. The van der Waals surface area contributed by atoms with E-state index in [-0.39, 0.29) is 46.2 Å². The first kappa shape index (κ1) is 21.8. The van der Waals surface area contributed by atoms with Crippen LogP contribution in [0.15, 0.2) is 35.2 Å². The minimum Gasteiger partial charge on any atom is -0.335 e. The number of amides is 1. The van der Waals surface area contributed by atoms with Gasteiger partial charge in [-0.15, -0.1) is 11.3 Å². The van der Waals surface area contributed by atoms with Crippen molar-refractivity contribution in [1.82, 2.24) is 19.0 Å². The molecule has 166 valence electrons. The Kier molecular flexibility index (Phi) is 5.34. The SMILES string of the molecule is Cc1ccc(S(=O)(=O)N2CCN(C(=O)c3cc4c(C(F)(F)F)nn(C)c4s3)CC2)cc1. The molecule has 1 aliphatic heterocycles. The summed E-state index contributed by atoms with van der Waals surface area (Å²) in [5.74, 6) is -0.415. The zero-order valence-electron chi connectivity index (χ0n) is 16.7. The summed E-state index contributed by atoms with van der Waals surface area (Å²) in [5, 5.41) is 3.40. The molecule has 1 fully saturated rings. The molecule has 2 aromatic heterocycles. The second kappa shape index (κ2) is 7.61. The van der Waals surface area contributed by atoms with Gasteiger partial charge in [0.2, 0.25) is 10.0 Å². The smallest absolute Gasteiger partial charge is 0.335 e. The summed E-state index contributed by atoms with van der Waals surface area (Å²) in [4.78, 5) is 14.9. The maximum Gasteiger partial charge on any atom is 0.435 e. The van der Waals surface area contributed by atoms with Crippen molar-refractivity contribution in [3.63, 3.8) is 0 Å². The standard InChI is InChI=1S/C19H19F3N4O3S2/c1-12-3-5-13(6-4-12)31(28,29)26-9-7-25(8-10-26)17(27)15-11-14-16(19(20,21)22)23-24(2)18(14)30-15/h3-6,11H,7-10H2,1-2H3. The zero-order valence-corrected chi connectivity index (χ0v) is 18.3. The molecule has 0 spiro atoms. The fraction of sp³-hybridized carbons (Fsp3) is 0.368. The molecule has 0 atom stereocenters.